The zero-order chi connectivity index (χ0) is 16.7. The van der Waals surface area contributed by atoms with Crippen LogP contribution in [0.2, 0.25) is 0 Å². The van der Waals surface area contributed by atoms with Crippen molar-refractivity contribution in [3.63, 3.8) is 0 Å². The van der Waals surface area contributed by atoms with Gasteiger partial charge in [0.15, 0.2) is 0 Å². The number of hydrogen-bond acceptors (Lipinski definition) is 4. The van der Waals surface area contributed by atoms with Gasteiger partial charge in [-0.15, -0.1) is 0 Å². The Morgan fingerprint density at radius 1 is 1.30 bits per heavy atom. The predicted molar refractivity (Wildman–Crippen MR) is 94.4 cm³/mol. The van der Waals surface area contributed by atoms with E-state index >= 15 is 0 Å². The van der Waals surface area contributed by atoms with E-state index in [1.165, 1.54) is 6.42 Å². The summed E-state index contributed by atoms with van der Waals surface area (Å²) in [6.07, 6.45) is 6.87. The Balaban J connectivity index is 1.91. The van der Waals surface area contributed by atoms with Crippen molar-refractivity contribution in [3.05, 3.63) is 29.8 Å². The molecule has 5 nitrogen and oxygen atoms in total. The minimum atomic E-state index is 0.0783. The molecule has 1 aliphatic heterocycles. The van der Waals surface area contributed by atoms with E-state index in [0.717, 1.165) is 38.0 Å². The summed E-state index contributed by atoms with van der Waals surface area (Å²) >= 11 is 0. The summed E-state index contributed by atoms with van der Waals surface area (Å²) in [7, 11) is 4.00. The number of ether oxygens (including phenoxy) is 1. The summed E-state index contributed by atoms with van der Waals surface area (Å²) in [6.45, 7) is 3.17. The molecule has 0 radical (unpaired) electrons. The van der Waals surface area contributed by atoms with Crippen molar-refractivity contribution in [2.24, 2.45) is 0 Å². The molecule has 2 rings (SSSR count). The fourth-order valence-corrected chi connectivity index (χ4v) is 2.53. The van der Waals surface area contributed by atoms with Crippen LogP contribution in [0.3, 0.4) is 0 Å². The van der Waals surface area contributed by atoms with Crippen LogP contribution >= 0.6 is 0 Å². The van der Waals surface area contributed by atoms with Crippen molar-refractivity contribution in [3.8, 4) is 5.75 Å². The zero-order valence-corrected chi connectivity index (χ0v) is 14.1. The van der Waals surface area contributed by atoms with Crippen LogP contribution < -0.4 is 10.5 Å². The van der Waals surface area contributed by atoms with Gasteiger partial charge in [0.1, 0.15) is 12.4 Å². The third kappa shape index (κ3) is 5.60. The van der Waals surface area contributed by atoms with Gasteiger partial charge in [0.05, 0.1) is 5.69 Å². The largest absolute Gasteiger partial charge is 0.490 e. The van der Waals surface area contributed by atoms with Gasteiger partial charge in [-0.3, -0.25) is 4.79 Å². The molecule has 0 aromatic heterocycles. The van der Waals surface area contributed by atoms with Gasteiger partial charge in [0.2, 0.25) is 5.91 Å². The first kappa shape index (κ1) is 17.3. The highest BCUT2D eigenvalue weighted by atomic mass is 16.5. The summed E-state index contributed by atoms with van der Waals surface area (Å²) in [4.78, 5) is 16.1. The third-order valence-corrected chi connectivity index (χ3v) is 3.92. The lowest BCUT2D eigenvalue weighted by molar-refractivity contribution is -0.126. The number of anilines is 1. The summed E-state index contributed by atoms with van der Waals surface area (Å²) in [5, 5.41) is 0. The zero-order valence-electron chi connectivity index (χ0n) is 14.1. The van der Waals surface area contributed by atoms with Gasteiger partial charge in [0, 0.05) is 25.7 Å². The lowest BCUT2D eigenvalue weighted by Crippen LogP contribution is -2.34. The van der Waals surface area contributed by atoms with Crippen LogP contribution in [0.25, 0.3) is 6.08 Å². The lowest BCUT2D eigenvalue weighted by Gasteiger charge is -2.25. The summed E-state index contributed by atoms with van der Waals surface area (Å²) in [5.74, 6) is 0.765. The lowest BCUT2D eigenvalue weighted by atomic mass is 10.1. The summed E-state index contributed by atoms with van der Waals surface area (Å²) < 4.78 is 5.66. The number of benzene rings is 1. The average Bonchev–Trinajstić information content (AvgIpc) is 2.55. The van der Waals surface area contributed by atoms with Crippen molar-refractivity contribution in [2.45, 2.75) is 19.3 Å². The monoisotopic (exact) mass is 317 g/mol. The van der Waals surface area contributed by atoms with Crippen molar-refractivity contribution in [2.75, 3.05) is 46.1 Å². The number of amides is 1. The standard InChI is InChI=1S/C18H27N3O2/c1-20(2)12-13-23-17-8-6-15(14-16(17)19)7-9-18(22)21-10-4-3-5-11-21/h6-9,14H,3-5,10-13,19H2,1-2H3/b9-7-. The molecule has 0 unspecified atom stereocenters. The van der Waals surface area contributed by atoms with Crippen LogP contribution in [0.5, 0.6) is 5.75 Å². The van der Waals surface area contributed by atoms with Gasteiger partial charge in [-0.25, -0.2) is 0 Å². The Hall–Kier alpha value is -2.01. The van der Waals surface area contributed by atoms with Crippen LogP contribution in [-0.2, 0) is 4.79 Å². The molecule has 23 heavy (non-hydrogen) atoms. The number of carbonyl (C=O) groups excluding carboxylic acids is 1. The Labute approximate surface area is 138 Å². The van der Waals surface area contributed by atoms with Crippen molar-refractivity contribution in [1.82, 2.24) is 9.80 Å². The molecule has 0 spiro atoms. The number of rotatable bonds is 6. The van der Waals surface area contributed by atoms with E-state index in [-0.39, 0.29) is 5.91 Å². The first-order chi connectivity index (χ1) is 11.1. The van der Waals surface area contributed by atoms with Crippen molar-refractivity contribution < 1.29 is 9.53 Å². The van der Waals surface area contributed by atoms with Crippen LogP contribution in [0.4, 0.5) is 5.69 Å². The van der Waals surface area contributed by atoms with Gasteiger partial charge in [-0.2, -0.15) is 0 Å². The number of hydrogen-bond donors (Lipinski definition) is 1. The molecule has 1 amide bonds. The smallest absolute Gasteiger partial charge is 0.246 e. The van der Waals surface area contributed by atoms with Gasteiger partial charge in [-0.05, 0) is 57.1 Å². The predicted octanol–water partition coefficient (Wildman–Crippen LogP) is 2.23. The molecule has 1 saturated heterocycles. The molecule has 0 bridgehead atoms. The minimum absolute atomic E-state index is 0.0783. The Kier molecular flexibility index (Phi) is 6.47. The quantitative estimate of drug-likeness (QED) is 0.646. The summed E-state index contributed by atoms with van der Waals surface area (Å²) in [6, 6.07) is 5.61. The number of likely N-dealkylation sites (tertiary alicyclic amines) is 1. The van der Waals surface area contributed by atoms with Crippen molar-refractivity contribution >= 4 is 17.7 Å². The van der Waals surface area contributed by atoms with Gasteiger partial charge in [-0.1, -0.05) is 6.07 Å². The molecule has 0 saturated carbocycles. The highest BCUT2D eigenvalue weighted by Gasteiger charge is 2.13. The van der Waals surface area contributed by atoms with E-state index in [2.05, 4.69) is 4.90 Å². The maximum atomic E-state index is 12.1. The second-order valence-electron chi connectivity index (χ2n) is 6.17. The van der Waals surface area contributed by atoms with E-state index in [4.69, 9.17) is 10.5 Å². The highest BCUT2D eigenvalue weighted by Crippen LogP contribution is 2.23. The van der Waals surface area contributed by atoms with Crippen LogP contribution in [0, 0.1) is 0 Å². The fraction of sp³-hybridized carbons (Fsp3) is 0.500. The molecule has 1 aliphatic rings. The maximum absolute atomic E-state index is 12.1. The second kappa shape index (κ2) is 8.58. The van der Waals surface area contributed by atoms with Crippen molar-refractivity contribution in [1.29, 1.82) is 0 Å². The first-order valence-corrected chi connectivity index (χ1v) is 8.20. The molecule has 0 atom stereocenters. The average molecular weight is 317 g/mol. The number of piperidine rings is 1. The van der Waals surface area contributed by atoms with Crippen LogP contribution in [-0.4, -0.2) is 56.0 Å². The number of carbonyl (C=O) groups is 1. The Morgan fingerprint density at radius 2 is 2.04 bits per heavy atom. The summed E-state index contributed by atoms with van der Waals surface area (Å²) in [5.41, 5.74) is 7.52. The van der Waals surface area contributed by atoms with E-state index in [0.29, 0.717) is 18.0 Å². The van der Waals surface area contributed by atoms with E-state index in [9.17, 15) is 4.79 Å². The van der Waals surface area contributed by atoms with Gasteiger partial charge < -0.3 is 20.3 Å². The second-order valence-corrected chi connectivity index (χ2v) is 6.17. The molecule has 1 fully saturated rings. The fourth-order valence-electron chi connectivity index (χ4n) is 2.53. The topological polar surface area (TPSA) is 58.8 Å². The van der Waals surface area contributed by atoms with Gasteiger partial charge in [0.25, 0.3) is 0 Å². The molecular formula is C18H27N3O2. The molecule has 1 aromatic rings. The normalized spacial score (nSPS) is 15.3. The number of nitrogens with two attached hydrogens (primary N) is 1. The molecule has 2 N–H and O–H groups in total. The SMILES string of the molecule is CN(C)CCOc1ccc(/C=C\C(=O)N2CCCCC2)cc1N. The third-order valence-electron chi connectivity index (χ3n) is 3.92. The molecular weight excluding hydrogens is 290 g/mol. The maximum Gasteiger partial charge on any atom is 0.246 e. The Bertz CT molecular complexity index is 549. The van der Waals surface area contributed by atoms with E-state index < -0.39 is 0 Å². The van der Waals surface area contributed by atoms with E-state index in [1.807, 2.05) is 43.3 Å². The highest BCUT2D eigenvalue weighted by molar-refractivity contribution is 5.92. The first-order valence-electron chi connectivity index (χ1n) is 8.20. The molecule has 1 heterocycles. The number of nitrogen functional groups attached to an aromatic ring is 1. The molecule has 5 heteroatoms. The number of nitrogens with zero attached hydrogens (tertiary/aromatic N) is 2. The molecule has 126 valence electrons. The minimum Gasteiger partial charge on any atom is -0.490 e. The molecule has 1 aromatic carbocycles. The number of likely N-dealkylation sites (N-methyl/N-ethyl adjacent to an activating group) is 1. The van der Waals surface area contributed by atoms with E-state index in [1.54, 1.807) is 6.08 Å². The van der Waals surface area contributed by atoms with Crippen LogP contribution in [0.15, 0.2) is 24.3 Å². The van der Waals surface area contributed by atoms with Gasteiger partial charge >= 0.3 is 0 Å². The molecule has 0 aliphatic carbocycles. The van der Waals surface area contributed by atoms with Crippen LogP contribution in [0.1, 0.15) is 24.8 Å². The Morgan fingerprint density at radius 3 is 2.70 bits per heavy atom.